The summed E-state index contributed by atoms with van der Waals surface area (Å²) < 4.78 is 6.64. The van der Waals surface area contributed by atoms with Crippen molar-refractivity contribution in [2.24, 2.45) is 0 Å². The Morgan fingerprint density at radius 1 is 1.37 bits per heavy atom. The first-order chi connectivity index (χ1) is 9.11. The zero-order valence-electron chi connectivity index (χ0n) is 9.31. The molecule has 0 atom stereocenters. The molecular weight excluding hydrogens is 352 g/mol. The molecule has 4 nitrogen and oxygen atoms in total. The van der Waals surface area contributed by atoms with E-state index in [4.69, 9.17) is 16.0 Å². The number of benzene rings is 1. The van der Waals surface area contributed by atoms with E-state index >= 15 is 0 Å². The number of nitrogens with one attached hydrogen (secondary N) is 1. The van der Waals surface area contributed by atoms with Crippen molar-refractivity contribution >= 4 is 60.1 Å². The Bertz CT molecular complexity index is 768. The fourth-order valence-electron chi connectivity index (χ4n) is 1.55. The Balaban J connectivity index is 1.87. The summed E-state index contributed by atoms with van der Waals surface area (Å²) in [4.78, 5) is 16.2. The van der Waals surface area contributed by atoms with Crippen LogP contribution in [0.4, 0.5) is 5.13 Å². The zero-order chi connectivity index (χ0) is 13.4. The maximum Gasteiger partial charge on any atom is 0.293 e. The lowest BCUT2D eigenvalue weighted by atomic mass is 10.3. The second kappa shape index (κ2) is 4.96. The van der Waals surface area contributed by atoms with E-state index in [0.29, 0.717) is 14.8 Å². The SMILES string of the molecule is O=C(Nc1nc2cc(Cl)ccc2s1)c1ccc(Br)o1. The number of halogens is 2. The molecule has 1 N–H and O–H groups in total. The number of rotatable bonds is 2. The predicted molar refractivity (Wildman–Crippen MR) is 79.0 cm³/mol. The molecule has 3 aromatic rings. The number of furan rings is 1. The second-order valence-corrected chi connectivity index (χ2v) is 5.94. The second-order valence-electron chi connectivity index (χ2n) is 3.69. The van der Waals surface area contributed by atoms with Crippen LogP contribution in [0.2, 0.25) is 5.02 Å². The molecule has 96 valence electrons. The fraction of sp³-hybridized carbons (Fsp3) is 0. The van der Waals surface area contributed by atoms with Gasteiger partial charge in [0.2, 0.25) is 0 Å². The molecule has 0 bridgehead atoms. The molecule has 3 rings (SSSR count). The highest BCUT2D eigenvalue weighted by molar-refractivity contribution is 9.10. The summed E-state index contributed by atoms with van der Waals surface area (Å²) in [5.74, 6) is -0.111. The summed E-state index contributed by atoms with van der Waals surface area (Å²) in [6.45, 7) is 0. The van der Waals surface area contributed by atoms with E-state index in [-0.39, 0.29) is 11.7 Å². The molecule has 19 heavy (non-hydrogen) atoms. The standard InChI is InChI=1S/C12H6BrClN2O2S/c13-10-4-2-8(18-10)11(17)16-12-15-7-5-6(14)1-3-9(7)19-12/h1-5H,(H,15,16,17). The maximum absolute atomic E-state index is 11.9. The van der Waals surface area contributed by atoms with E-state index in [1.807, 2.05) is 6.07 Å². The zero-order valence-corrected chi connectivity index (χ0v) is 12.5. The van der Waals surface area contributed by atoms with Gasteiger partial charge in [-0.1, -0.05) is 22.9 Å². The molecule has 2 heterocycles. The van der Waals surface area contributed by atoms with Crippen molar-refractivity contribution < 1.29 is 9.21 Å². The smallest absolute Gasteiger partial charge is 0.293 e. The molecule has 7 heteroatoms. The van der Waals surface area contributed by atoms with Crippen LogP contribution in [-0.4, -0.2) is 10.9 Å². The van der Waals surface area contributed by atoms with Crippen LogP contribution in [0.1, 0.15) is 10.6 Å². The molecular formula is C12H6BrClN2O2S. The van der Waals surface area contributed by atoms with Gasteiger partial charge >= 0.3 is 0 Å². The van der Waals surface area contributed by atoms with E-state index in [9.17, 15) is 4.79 Å². The molecule has 2 aromatic heterocycles. The summed E-state index contributed by atoms with van der Waals surface area (Å²) in [7, 11) is 0. The molecule has 0 aliphatic heterocycles. The normalized spacial score (nSPS) is 10.8. The minimum absolute atomic E-state index is 0.226. The van der Waals surface area contributed by atoms with Gasteiger partial charge in [-0.3, -0.25) is 10.1 Å². The molecule has 0 spiro atoms. The Morgan fingerprint density at radius 2 is 2.21 bits per heavy atom. The van der Waals surface area contributed by atoms with Crippen LogP contribution in [0.3, 0.4) is 0 Å². The first-order valence-corrected chi connectivity index (χ1v) is 7.23. The molecule has 0 radical (unpaired) electrons. The van der Waals surface area contributed by atoms with Crippen LogP contribution in [0.25, 0.3) is 10.2 Å². The molecule has 0 saturated heterocycles. The quantitative estimate of drug-likeness (QED) is 0.731. The van der Waals surface area contributed by atoms with Gasteiger partial charge < -0.3 is 4.42 Å². The van der Waals surface area contributed by atoms with Crippen molar-refractivity contribution in [2.45, 2.75) is 0 Å². The van der Waals surface area contributed by atoms with Gasteiger partial charge in [0.1, 0.15) is 0 Å². The lowest BCUT2D eigenvalue weighted by Crippen LogP contribution is -2.10. The number of hydrogen-bond acceptors (Lipinski definition) is 4. The van der Waals surface area contributed by atoms with Crippen molar-refractivity contribution in [1.82, 2.24) is 4.98 Å². The van der Waals surface area contributed by atoms with Crippen LogP contribution < -0.4 is 5.32 Å². The van der Waals surface area contributed by atoms with Gasteiger partial charge in [-0.15, -0.1) is 0 Å². The summed E-state index contributed by atoms with van der Waals surface area (Å²) in [6, 6.07) is 8.66. The monoisotopic (exact) mass is 356 g/mol. The molecule has 1 aromatic carbocycles. The molecule has 0 fully saturated rings. The summed E-state index contributed by atoms with van der Waals surface area (Å²) in [5.41, 5.74) is 0.758. The highest BCUT2D eigenvalue weighted by Gasteiger charge is 2.13. The van der Waals surface area contributed by atoms with Crippen molar-refractivity contribution in [3.05, 3.63) is 45.8 Å². The van der Waals surface area contributed by atoms with Crippen molar-refractivity contribution in [3.8, 4) is 0 Å². The minimum atomic E-state index is -0.337. The Hall–Kier alpha value is -1.37. The summed E-state index contributed by atoms with van der Waals surface area (Å²) in [5, 5.41) is 3.82. The number of thiazole rings is 1. The number of amides is 1. The van der Waals surface area contributed by atoms with E-state index in [2.05, 4.69) is 26.2 Å². The average Bonchev–Trinajstić information content (AvgIpc) is 2.94. The summed E-state index contributed by atoms with van der Waals surface area (Å²) >= 11 is 10.4. The average molecular weight is 358 g/mol. The molecule has 0 aliphatic rings. The van der Waals surface area contributed by atoms with E-state index < -0.39 is 0 Å². The van der Waals surface area contributed by atoms with Crippen molar-refractivity contribution in [2.75, 3.05) is 5.32 Å². The third kappa shape index (κ3) is 2.65. The van der Waals surface area contributed by atoms with Crippen molar-refractivity contribution in [1.29, 1.82) is 0 Å². The minimum Gasteiger partial charge on any atom is -0.444 e. The molecule has 1 amide bonds. The maximum atomic E-state index is 11.9. The van der Waals surface area contributed by atoms with Crippen LogP contribution >= 0.6 is 38.9 Å². The lowest BCUT2D eigenvalue weighted by Gasteiger charge is -1.96. The first-order valence-electron chi connectivity index (χ1n) is 5.24. The van der Waals surface area contributed by atoms with Crippen LogP contribution in [0, 0.1) is 0 Å². The summed E-state index contributed by atoms with van der Waals surface area (Å²) in [6.07, 6.45) is 0. The number of fused-ring (bicyclic) bond motifs is 1. The third-order valence-electron chi connectivity index (χ3n) is 2.37. The largest absolute Gasteiger partial charge is 0.444 e. The first kappa shape index (κ1) is 12.7. The Kier molecular flexibility index (Phi) is 3.30. The van der Waals surface area contributed by atoms with Crippen LogP contribution in [-0.2, 0) is 0 Å². The predicted octanol–water partition coefficient (Wildman–Crippen LogP) is 4.56. The Labute approximate surface area is 125 Å². The third-order valence-corrected chi connectivity index (χ3v) is 3.98. The van der Waals surface area contributed by atoms with E-state index in [0.717, 1.165) is 10.2 Å². The fourth-order valence-corrected chi connectivity index (χ4v) is 2.86. The van der Waals surface area contributed by atoms with Crippen LogP contribution in [0.15, 0.2) is 39.4 Å². The molecule has 0 aliphatic carbocycles. The number of hydrogen-bond donors (Lipinski definition) is 1. The topological polar surface area (TPSA) is 55.1 Å². The van der Waals surface area contributed by atoms with Gasteiger partial charge in [-0.05, 0) is 46.3 Å². The van der Waals surface area contributed by atoms with Crippen LogP contribution in [0.5, 0.6) is 0 Å². The number of nitrogens with zero attached hydrogens (tertiary/aromatic N) is 1. The number of carbonyl (C=O) groups is 1. The Morgan fingerprint density at radius 3 is 2.95 bits per heavy atom. The van der Waals surface area contributed by atoms with E-state index in [1.54, 1.807) is 24.3 Å². The van der Waals surface area contributed by atoms with E-state index in [1.165, 1.54) is 11.3 Å². The van der Waals surface area contributed by atoms with Gasteiger partial charge in [0.05, 0.1) is 10.2 Å². The molecule has 0 unspecified atom stereocenters. The number of aromatic nitrogens is 1. The van der Waals surface area contributed by atoms with Gasteiger partial charge in [-0.25, -0.2) is 4.98 Å². The van der Waals surface area contributed by atoms with Gasteiger partial charge in [0, 0.05) is 5.02 Å². The number of carbonyl (C=O) groups excluding carboxylic acids is 1. The number of anilines is 1. The van der Waals surface area contributed by atoms with Gasteiger partial charge in [0.15, 0.2) is 15.6 Å². The van der Waals surface area contributed by atoms with Gasteiger partial charge in [0.25, 0.3) is 5.91 Å². The lowest BCUT2D eigenvalue weighted by molar-refractivity contribution is 0.0995. The highest BCUT2D eigenvalue weighted by atomic mass is 79.9. The highest BCUT2D eigenvalue weighted by Crippen LogP contribution is 2.28. The molecule has 0 saturated carbocycles. The van der Waals surface area contributed by atoms with Crippen molar-refractivity contribution in [3.63, 3.8) is 0 Å². The van der Waals surface area contributed by atoms with Gasteiger partial charge in [-0.2, -0.15) is 0 Å².